The molecule has 3 amide bonds. The number of rotatable bonds is 11. The summed E-state index contributed by atoms with van der Waals surface area (Å²) < 4.78 is 83.6. The molecule has 45 heavy (non-hydrogen) atoms. The molecule has 2 aliphatic rings. The minimum atomic E-state index is -5.57. The van der Waals surface area contributed by atoms with Crippen molar-refractivity contribution in [2.45, 2.75) is 56.9 Å². The summed E-state index contributed by atoms with van der Waals surface area (Å²) >= 11 is 0. The van der Waals surface area contributed by atoms with Crippen LogP contribution in [0.4, 0.5) is 26.7 Å². The largest absolute Gasteiger partial charge is 0.494 e. The SMILES string of the molecule is CCCc1cc(C(O)(C(F)F)C(F)(F)F)ccc1-c1ccc(OCCCN2C(=O)NC(C)(c3ccc4c(c3)OCO4)C2=O)cc1. The Bertz CT molecular complexity index is 1580. The third-order valence-electron chi connectivity index (χ3n) is 8.00. The predicted molar refractivity (Wildman–Crippen MR) is 152 cm³/mol. The summed E-state index contributed by atoms with van der Waals surface area (Å²) in [6.07, 6.45) is -8.46. The van der Waals surface area contributed by atoms with Crippen LogP contribution < -0.4 is 19.5 Å². The summed E-state index contributed by atoms with van der Waals surface area (Å²) in [5.41, 5.74) is -4.37. The molecule has 2 aliphatic heterocycles. The molecule has 0 radical (unpaired) electrons. The highest BCUT2D eigenvalue weighted by Gasteiger charge is 2.61. The fourth-order valence-corrected chi connectivity index (χ4v) is 5.45. The minimum absolute atomic E-state index is 0.0811. The summed E-state index contributed by atoms with van der Waals surface area (Å²) in [4.78, 5) is 27.0. The summed E-state index contributed by atoms with van der Waals surface area (Å²) in [6, 6.07) is 14.3. The zero-order valence-corrected chi connectivity index (χ0v) is 24.4. The van der Waals surface area contributed by atoms with Crippen molar-refractivity contribution in [3.63, 3.8) is 0 Å². The third-order valence-corrected chi connectivity index (χ3v) is 8.00. The van der Waals surface area contributed by atoms with Gasteiger partial charge in [-0.25, -0.2) is 13.6 Å². The van der Waals surface area contributed by atoms with E-state index in [1.807, 2.05) is 0 Å². The topological polar surface area (TPSA) is 97.3 Å². The minimum Gasteiger partial charge on any atom is -0.494 e. The molecule has 0 aliphatic carbocycles. The summed E-state index contributed by atoms with van der Waals surface area (Å²) in [5, 5.41) is 12.7. The lowest BCUT2D eigenvalue weighted by Gasteiger charge is -2.30. The monoisotopic (exact) mass is 634 g/mol. The number of nitrogens with one attached hydrogen (secondary N) is 1. The Morgan fingerprint density at radius 3 is 2.40 bits per heavy atom. The Balaban J connectivity index is 1.21. The number of amides is 3. The molecule has 13 heteroatoms. The molecular weight excluding hydrogens is 603 g/mol. The van der Waals surface area contributed by atoms with Gasteiger partial charge in [0, 0.05) is 6.54 Å². The number of ether oxygens (including phenoxy) is 3. The van der Waals surface area contributed by atoms with Crippen molar-refractivity contribution in [2.24, 2.45) is 0 Å². The number of imide groups is 1. The lowest BCUT2D eigenvalue weighted by Crippen LogP contribution is -2.48. The number of aliphatic hydroxyl groups is 1. The molecule has 2 N–H and O–H groups in total. The lowest BCUT2D eigenvalue weighted by atomic mass is 9.87. The van der Waals surface area contributed by atoms with Crippen LogP contribution >= 0.6 is 0 Å². The first-order chi connectivity index (χ1) is 21.3. The van der Waals surface area contributed by atoms with Gasteiger partial charge in [0.2, 0.25) is 12.4 Å². The van der Waals surface area contributed by atoms with E-state index in [4.69, 9.17) is 14.2 Å². The van der Waals surface area contributed by atoms with Crippen LogP contribution in [0.2, 0.25) is 0 Å². The number of nitrogens with zero attached hydrogens (tertiary/aromatic N) is 1. The van der Waals surface area contributed by atoms with E-state index in [-0.39, 0.29) is 19.9 Å². The summed E-state index contributed by atoms with van der Waals surface area (Å²) in [7, 11) is 0. The van der Waals surface area contributed by atoms with Gasteiger partial charge in [-0.2, -0.15) is 13.2 Å². The van der Waals surface area contributed by atoms with Gasteiger partial charge in [0.05, 0.1) is 6.61 Å². The first-order valence-electron chi connectivity index (χ1n) is 14.3. The van der Waals surface area contributed by atoms with Gasteiger partial charge in [-0.05, 0) is 71.8 Å². The highest BCUT2D eigenvalue weighted by molar-refractivity contribution is 6.07. The fourth-order valence-electron chi connectivity index (χ4n) is 5.45. The smallest absolute Gasteiger partial charge is 0.427 e. The summed E-state index contributed by atoms with van der Waals surface area (Å²) in [6.45, 7) is 3.79. The molecule has 8 nitrogen and oxygen atoms in total. The molecule has 0 bridgehead atoms. The number of fused-ring (bicyclic) bond motifs is 1. The number of halogens is 5. The maximum absolute atomic E-state index is 13.4. The van der Waals surface area contributed by atoms with E-state index >= 15 is 0 Å². The zero-order chi connectivity index (χ0) is 32.6. The van der Waals surface area contributed by atoms with E-state index in [0.717, 1.165) is 17.0 Å². The molecule has 5 rings (SSSR count). The average Bonchev–Trinajstić information content (AvgIpc) is 3.56. The second-order valence-electron chi connectivity index (χ2n) is 11.0. The fraction of sp³-hybridized carbons (Fsp3) is 0.375. The van der Waals surface area contributed by atoms with E-state index in [1.54, 1.807) is 56.3 Å². The Kier molecular flexibility index (Phi) is 8.67. The van der Waals surface area contributed by atoms with Crippen LogP contribution in [0, 0.1) is 0 Å². The normalized spacial score (nSPS) is 19.2. The number of urea groups is 1. The van der Waals surface area contributed by atoms with Crippen molar-refractivity contribution in [1.82, 2.24) is 10.2 Å². The van der Waals surface area contributed by atoms with E-state index < -0.39 is 41.2 Å². The second kappa shape index (κ2) is 12.2. The first kappa shape index (κ1) is 32.0. The third kappa shape index (κ3) is 5.88. The Morgan fingerprint density at radius 2 is 1.73 bits per heavy atom. The van der Waals surface area contributed by atoms with Crippen molar-refractivity contribution in [3.05, 3.63) is 77.4 Å². The van der Waals surface area contributed by atoms with Crippen LogP contribution in [0.3, 0.4) is 0 Å². The Labute approximate surface area is 255 Å². The lowest BCUT2D eigenvalue weighted by molar-refractivity contribution is -0.305. The number of benzene rings is 3. The van der Waals surface area contributed by atoms with Crippen LogP contribution in [-0.2, 0) is 22.4 Å². The molecule has 2 atom stereocenters. The predicted octanol–water partition coefficient (Wildman–Crippen LogP) is 6.29. The van der Waals surface area contributed by atoms with Gasteiger partial charge in [-0.1, -0.05) is 49.7 Å². The molecule has 3 aromatic rings. The molecule has 0 aromatic heterocycles. The number of alkyl halides is 5. The van der Waals surface area contributed by atoms with Crippen molar-refractivity contribution in [2.75, 3.05) is 19.9 Å². The van der Waals surface area contributed by atoms with Gasteiger partial charge < -0.3 is 24.6 Å². The van der Waals surface area contributed by atoms with Crippen LogP contribution in [0.1, 0.15) is 43.4 Å². The molecule has 0 spiro atoms. The van der Waals surface area contributed by atoms with Crippen LogP contribution in [0.25, 0.3) is 11.1 Å². The van der Waals surface area contributed by atoms with Gasteiger partial charge in [-0.15, -0.1) is 0 Å². The highest BCUT2D eigenvalue weighted by atomic mass is 19.4. The maximum Gasteiger partial charge on any atom is 0.427 e. The van der Waals surface area contributed by atoms with Crippen LogP contribution in [-0.4, -0.2) is 54.5 Å². The standard InChI is InChI=1S/C32H31F5N2O6/c1-3-5-20-16-22(31(42,27(33)34)32(35,36)37)8-12-24(20)19-6-10-23(11-7-19)43-15-4-14-39-28(40)30(2,38-29(39)41)21-9-13-25-26(17-21)45-18-44-25/h6-13,16-17,27,42H,3-5,14-15,18H2,1-2H3,(H,38,41). The number of aryl methyl sites for hydroxylation is 1. The van der Waals surface area contributed by atoms with Gasteiger partial charge >= 0.3 is 12.2 Å². The number of hydrogen-bond donors (Lipinski definition) is 2. The first-order valence-corrected chi connectivity index (χ1v) is 14.3. The van der Waals surface area contributed by atoms with Crippen molar-refractivity contribution >= 4 is 11.9 Å². The maximum atomic E-state index is 13.4. The van der Waals surface area contributed by atoms with Crippen molar-refractivity contribution in [3.8, 4) is 28.4 Å². The highest BCUT2D eigenvalue weighted by Crippen LogP contribution is 2.45. The van der Waals surface area contributed by atoms with E-state index in [0.29, 0.717) is 58.8 Å². The van der Waals surface area contributed by atoms with Gasteiger partial charge in [0.25, 0.3) is 12.3 Å². The zero-order valence-electron chi connectivity index (χ0n) is 24.4. The molecular formula is C32H31F5N2O6. The molecule has 240 valence electrons. The molecule has 2 heterocycles. The number of carbonyl (C=O) groups is 2. The quantitative estimate of drug-likeness (QED) is 0.146. The molecule has 2 unspecified atom stereocenters. The average molecular weight is 635 g/mol. The van der Waals surface area contributed by atoms with Gasteiger partial charge in [0.15, 0.2) is 11.5 Å². The number of hydrogen-bond acceptors (Lipinski definition) is 6. The van der Waals surface area contributed by atoms with Crippen LogP contribution in [0.15, 0.2) is 60.7 Å². The van der Waals surface area contributed by atoms with E-state index in [9.17, 15) is 36.6 Å². The molecule has 1 saturated heterocycles. The second-order valence-corrected chi connectivity index (χ2v) is 11.0. The van der Waals surface area contributed by atoms with Gasteiger partial charge in [0.1, 0.15) is 11.3 Å². The van der Waals surface area contributed by atoms with Crippen LogP contribution in [0.5, 0.6) is 17.2 Å². The van der Waals surface area contributed by atoms with E-state index in [2.05, 4.69) is 5.32 Å². The number of carbonyl (C=O) groups excluding carboxylic acids is 2. The Hall–Kier alpha value is -4.39. The molecule has 1 fully saturated rings. The summed E-state index contributed by atoms with van der Waals surface area (Å²) in [5.74, 6) is 1.11. The van der Waals surface area contributed by atoms with Crippen molar-refractivity contribution in [1.29, 1.82) is 0 Å². The molecule has 0 saturated carbocycles. The van der Waals surface area contributed by atoms with E-state index in [1.165, 1.54) is 6.07 Å². The molecule has 3 aromatic carbocycles. The van der Waals surface area contributed by atoms with Crippen molar-refractivity contribution < 1.29 is 50.9 Å². The Morgan fingerprint density at radius 1 is 1.02 bits per heavy atom. The van der Waals surface area contributed by atoms with Gasteiger partial charge in [-0.3, -0.25) is 9.69 Å².